The first-order valence-corrected chi connectivity index (χ1v) is 6.46. The van der Waals surface area contributed by atoms with Crippen LogP contribution in [0.4, 0.5) is 5.69 Å². The van der Waals surface area contributed by atoms with Crippen molar-refractivity contribution in [3.8, 4) is 11.5 Å². The fraction of sp³-hybridized carbons (Fsp3) is 0.500. The van der Waals surface area contributed by atoms with Gasteiger partial charge in [-0.25, -0.2) is 0 Å². The third-order valence-electron chi connectivity index (χ3n) is 2.72. The summed E-state index contributed by atoms with van der Waals surface area (Å²) < 4.78 is 10.6. The average molecular weight is 283 g/mol. The van der Waals surface area contributed by atoms with E-state index in [0.29, 0.717) is 17.9 Å². The van der Waals surface area contributed by atoms with Crippen LogP contribution in [0, 0.1) is 0 Å². The van der Waals surface area contributed by atoms with E-state index in [-0.39, 0.29) is 25.7 Å². The van der Waals surface area contributed by atoms with E-state index < -0.39 is 5.97 Å². The van der Waals surface area contributed by atoms with Crippen LogP contribution in [0.3, 0.4) is 0 Å². The SMILES string of the molecule is COc1ccc(NC(C)CCC(=O)O)cc1OCCO. The van der Waals surface area contributed by atoms with E-state index in [1.165, 1.54) is 0 Å². The Morgan fingerprint density at radius 1 is 1.40 bits per heavy atom. The number of aliphatic hydroxyl groups excluding tert-OH is 1. The van der Waals surface area contributed by atoms with E-state index in [9.17, 15) is 4.79 Å². The first kappa shape index (κ1) is 16.1. The summed E-state index contributed by atoms with van der Waals surface area (Å²) in [6.45, 7) is 2.03. The molecule has 1 rings (SSSR count). The molecule has 112 valence electrons. The second-order valence-electron chi connectivity index (χ2n) is 4.42. The molecule has 0 heterocycles. The van der Waals surface area contributed by atoms with Gasteiger partial charge in [0.05, 0.1) is 13.7 Å². The normalized spacial score (nSPS) is 11.8. The lowest BCUT2D eigenvalue weighted by Gasteiger charge is -2.16. The van der Waals surface area contributed by atoms with Crippen LogP contribution in [0.2, 0.25) is 0 Å². The van der Waals surface area contributed by atoms with Crippen LogP contribution in [0.5, 0.6) is 11.5 Å². The Morgan fingerprint density at radius 3 is 2.75 bits per heavy atom. The Morgan fingerprint density at radius 2 is 2.15 bits per heavy atom. The summed E-state index contributed by atoms with van der Waals surface area (Å²) in [5.74, 6) is 0.319. The number of carboxylic acids is 1. The molecule has 0 saturated heterocycles. The van der Waals surface area contributed by atoms with Gasteiger partial charge in [0.15, 0.2) is 11.5 Å². The molecule has 0 bridgehead atoms. The summed E-state index contributed by atoms with van der Waals surface area (Å²) in [5, 5.41) is 20.6. The molecule has 0 radical (unpaired) electrons. The zero-order chi connectivity index (χ0) is 15.0. The second-order valence-corrected chi connectivity index (χ2v) is 4.42. The molecule has 3 N–H and O–H groups in total. The minimum Gasteiger partial charge on any atom is -0.493 e. The second kappa shape index (κ2) is 8.27. The van der Waals surface area contributed by atoms with Crippen LogP contribution >= 0.6 is 0 Å². The molecule has 1 atom stereocenters. The Balaban J connectivity index is 2.67. The van der Waals surface area contributed by atoms with Gasteiger partial charge in [-0.3, -0.25) is 4.79 Å². The summed E-state index contributed by atoms with van der Waals surface area (Å²) in [7, 11) is 1.55. The van der Waals surface area contributed by atoms with E-state index in [1.54, 1.807) is 19.2 Å². The van der Waals surface area contributed by atoms with Gasteiger partial charge in [-0.05, 0) is 25.5 Å². The predicted octanol–water partition coefficient (Wildman–Crippen LogP) is 1.73. The number of rotatable bonds is 9. The Kier molecular flexibility index (Phi) is 6.66. The molecule has 20 heavy (non-hydrogen) atoms. The van der Waals surface area contributed by atoms with Crippen LogP contribution in [-0.4, -0.2) is 42.5 Å². The van der Waals surface area contributed by atoms with Crippen molar-refractivity contribution in [2.45, 2.75) is 25.8 Å². The molecule has 1 unspecified atom stereocenters. The maximum Gasteiger partial charge on any atom is 0.303 e. The van der Waals surface area contributed by atoms with E-state index in [1.807, 2.05) is 13.0 Å². The van der Waals surface area contributed by atoms with E-state index in [4.69, 9.17) is 19.7 Å². The number of ether oxygens (including phenoxy) is 2. The van der Waals surface area contributed by atoms with Gasteiger partial charge < -0.3 is 25.0 Å². The molecule has 6 heteroatoms. The molecular formula is C14H21NO5. The Bertz CT molecular complexity index is 436. The molecule has 0 saturated carbocycles. The highest BCUT2D eigenvalue weighted by Gasteiger charge is 2.09. The third-order valence-corrected chi connectivity index (χ3v) is 2.72. The number of carboxylic acid groups (broad SMARTS) is 1. The molecule has 0 aliphatic rings. The number of aliphatic carboxylic acids is 1. The summed E-state index contributed by atoms with van der Waals surface area (Å²) in [6.07, 6.45) is 0.659. The van der Waals surface area contributed by atoms with Crippen LogP contribution < -0.4 is 14.8 Å². The molecule has 0 amide bonds. The molecule has 1 aromatic carbocycles. The minimum atomic E-state index is -0.805. The number of benzene rings is 1. The topological polar surface area (TPSA) is 88.0 Å². The molecular weight excluding hydrogens is 262 g/mol. The fourth-order valence-corrected chi connectivity index (χ4v) is 1.73. The van der Waals surface area contributed by atoms with Crippen molar-refractivity contribution in [1.29, 1.82) is 0 Å². The lowest BCUT2D eigenvalue weighted by molar-refractivity contribution is -0.137. The number of carbonyl (C=O) groups is 1. The summed E-state index contributed by atoms with van der Waals surface area (Å²) in [4.78, 5) is 10.5. The van der Waals surface area contributed by atoms with Gasteiger partial charge in [-0.15, -0.1) is 0 Å². The van der Waals surface area contributed by atoms with Crippen molar-refractivity contribution in [2.24, 2.45) is 0 Å². The highest BCUT2D eigenvalue weighted by Crippen LogP contribution is 2.30. The molecule has 0 aliphatic heterocycles. The van der Waals surface area contributed by atoms with Gasteiger partial charge in [0, 0.05) is 24.2 Å². The fourth-order valence-electron chi connectivity index (χ4n) is 1.73. The van der Waals surface area contributed by atoms with Crippen molar-refractivity contribution in [1.82, 2.24) is 0 Å². The number of hydrogen-bond donors (Lipinski definition) is 3. The molecule has 0 aliphatic carbocycles. The summed E-state index contributed by atoms with van der Waals surface area (Å²) in [5.41, 5.74) is 0.816. The lowest BCUT2D eigenvalue weighted by Crippen LogP contribution is -2.16. The number of anilines is 1. The first-order chi connectivity index (χ1) is 9.56. The number of methoxy groups -OCH3 is 1. The number of nitrogens with one attached hydrogen (secondary N) is 1. The zero-order valence-electron chi connectivity index (χ0n) is 11.8. The predicted molar refractivity (Wildman–Crippen MR) is 75.5 cm³/mol. The number of aliphatic hydroxyl groups is 1. The smallest absolute Gasteiger partial charge is 0.303 e. The van der Waals surface area contributed by atoms with E-state index >= 15 is 0 Å². The average Bonchev–Trinajstić information content (AvgIpc) is 2.43. The number of hydrogen-bond acceptors (Lipinski definition) is 5. The monoisotopic (exact) mass is 283 g/mol. The van der Waals surface area contributed by atoms with Crippen LogP contribution in [0.15, 0.2) is 18.2 Å². The van der Waals surface area contributed by atoms with Crippen molar-refractivity contribution >= 4 is 11.7 Å². The maximum absolute atomic E-state index is 10.5. The van der Waals surface area contributed by atoms with Crippen LogP contribution in [0.1, 0.15) is 19.8 Å². The van der Waals surface area contributed by atoms with Gasteiger partial charge in [-0.2, -0.15) is 0 Å². The minimum absolute atomic E-state index is 0.0326. The Labute approximate surface area is 118 Å². The van der Waals surface area contributed by atoms with Crippen molar-refractivity contribution in [3.63, 3.8) is 0 Å². The lowest BCUT2D eigenvalue weighted by atomic mass is 10.1. The molecule has 6 nitrogen and oxygen atoms in total. The molecule has 0 fully saturated rings. The van der Waals surface area contributed by atoms with Gasteiger partial charge >= 0.3 is 5.97 Å². The highest BCUT2D eigenvalue weighted by atomic mass is 16.5. The van der Waals surface area contributed by atoms with Gasteiger partial charge in [0.2, 0.25) is 0 Å². The van der Waals surface area contributed by atoms with Gasteiger partial charge in [0.25, 0.3) is 0 Å². The molecule has 0 spiro atoms. The van der Waals surface area contributed by atoms with E-state index in [0.717, 1.165) is 5.69 Å². The summed E-state index contributed by atoms with van der Waals surface area (Å²) >= 11 is 0. The van der Waals surface area contributed by atoms with Crippen molar-refractivity contribution < 1.29 is 24.5 Å². The molecule has 1 aromatic rings. The van der Waals surface area contributed by atoms with Crippen molar-refractivity contribution in [2.75, 3.05) is 25.6 Å². The van der Waals surface area contributed by atoms with Crippen molar-refractivity contribution in [3.05, 3.63) is 18.2 Å². The van der Waals surface area contributed by atoms with Gasteiger partial charge in [-0.1, -0.05) is 0 Å². The maximum atomic E-state index is 10.5. The zero-order valence-corrected chi connectivity index (χ0v) is 11.8. The van der Waals surface area contributed by atoms with Crippen LogP contribution in [-0.2, 0) is 4.79 Å². The standard InChI is InChI=1S/C14H21NO5/c1-10(3-6-14(17)18)15-11-4-5-12(19-2)13(9-11)20-8-7-16/h4-5,9-10,15-16H,3,6-8H2,1-2H3,(H,17,18). The first-order valence-electron chi connectivity index (χ1n) is 6.46. The Hall–Kier alpha value is -1.95. The largest absolute Gasteiger partial charge is 0.493 e. The molecule has 0 aromatic heterocycles. The van der Waals surface area contributed by atoms with Crippen LogP contribution in [0.25, 0.3) is 0 Å². The van der Waals surface area contributed by atoms with E-state index in [2.05, 4.69) is 5.32 Å². The quantitative estimate of drug-likeness (QED) is 0.639. The van der Waals surface area contributed by atoms with Gasteiger partial charge in [0.1, 0.15) is 6.61 Å². The highest BCUT2D eigenvalue weighted by molar-refractivity contribution is 5.66. The third kappa shape index (κ3) is 5.36. The summed E-state index contributed by atoms with van der Waals surface area (Å²) in [6, 6.07) is 5.40.